The number of imidazole rings is 1. The molecule has 0 spiro atoms. The van der Waals surface area contributed by atoms with Gasteiger partial charge in [-0.05, 0) is 46.4 Å². The van der Waals surface area contributed by atoms with Crippen molar-refractivity contribution in [1.29, 1.82) is 0 Å². The molecule has 1 aromatic heterocycles. The van der Waals surface area contributed by atoms with Gasteiger partial charge in [0, 0.05) is 18.3 Å². The number of halogens is 1. The third-order valence-corrected chi connectivity index (χ3v) is 3.63. The minimum Gasteiger partial charge on any atom is -0.507 e. The molecule has 3 nitrogen and oxygen atoms in total. The molecule has 0 bridgehead atoms. The van der Waals surface area contributed by atoms with Crippen molar-refractivity contribution in [1.82, 2.24) is 9.97 Å². The van der Waals surface area contributed by atoms with Crippen molar-refractivity contribution in [2.75, 3.05) is 4.93 Å². The second kappa shape index (κ2) is 7.29. The van der Waals surface area contributed by atoms with E-state index in [0.717, 1.165) is 23.2 Å². The lowest BCUT2D eigenvalue weighted by atomic mass is 9.82. The summed E-state index contributed by atoms with van der Waals surface area (Å²) in [6.45, 7) is 10.5. The summed E-state index contributed by atoms with van der Waals surface area (Å²) in [4.78, 5) is 9.12. The van der Waals surface area contributed by atoms with Crippen LogP contribution < -0.4 is 0 Å². The molecule has 0 fully saturated rings. The van der Waals surface area contributed by atoms with E-state index in [4.69, 9.17) is 0 Å². The van der Waals surface area contributed by atoms with Gasteiger partial charge >= 0.3 is 0 Å². The smallest absolute Gasteiger partial charge is 0.122 e. The van der Waals surface area contributed by atoms with Crippen LogP contribution in [0.4, 0.5) is 0 Å². The molecule has 0 aliphatic heterocycles. The number of benzene rings is 1. The zero-order valence-corrected chi connectivity index (χ0v) is 15.9. The Hall–Kier alpha value is -1.04. The first kappa shape index (κ1) is 18.0. The molecule has 0 unspecified atom stereocenters. The molecule has 2 aromatic rings. The molecule has 0 saturated heterocycles. The standard InChI is InChI=1S/C16H22N2O.CH3I/c1-10-6-14(16(3,4)5)15(19)11(2)13(10)7-12-8-17-9-18-12;1-2/h6,8-9,19H,7H2,1-5H3,(H,17,18);1H3. The van der Waals surface area contributed by atoms with Crippen molar-refractivity contribution < 1.29 is 5.11 Å². The van der Waals surface area contributed by atoms with Crippen LogP contribution in [-0.2, 0) is 11.8 Å². The van der Waals surface area contributed by atoms with E-state index < -0.39 is 0 Å². The molecule has 0 amide bonds. The highest BCUT2D eigenvalue weighted by molar-refractivity contribution is 14.1. The Labute approximate surface area is 141 Å². The molecule has 1 heterocycles. The maximum absolute atomic E-state index is 10.4. The van der Waals surface area contributed by atoms with Crippen LogP contribution in [0.25, 0.3) is 0 Å². The highest BCUT2D eigenvalue weighted by Crippen LogP contribution is 2.36. The summed E-state index contributed by atoms with van der Waals surface area (Å²) in [6.07, 6.45) is 4.28. The lowest BCUT2D eigenvalue weighted by Crippen LogP contribution is -2.13. The summed E-state index contributed by atoms with van der Waals surface area (Å²) in [7, 11) is 0. The maximum atomic E-state index is 10.4. The normalized spacial score (nSPS) is 11.0. The fourth-order valence-corrected chi connectivity index (χ4v) is 2.43. The van der Waals surface area contributed by atoms with Gasteiger partial charge in [-0.1, -0.05) is 49.4 Å². The average molecular weight is 400 g/mol. The molecule has 21 heavy (non-hydrogen) atoms. The van der Waals surface area contributed by atoms with Crippen molar-refractivity contribution in [2.45, 2.75) is 46.5 Å². The molecule has 116 valence electrons. The van der Waals surface area contributed by atoms with Crippen LogP contribution >= 0.6 is 22.6 Å². The van der Waals surface area contributed by atoms with E-state index in [-0.39, 0.29) is 5.41 Å². The van der Waals surface area contributed by atoms with Gasteiger partial charge in [0.05, 0.1) is 6.33 Å². The minimum absolute atomic E-state index is 0.0495. The van der Waals surface area contributed by atoms with Crippen LogP contribution in [0.1, 0.15) is 48.7 Å². The number of phenolic OH excluding ortho intramolecular Hbond substituents is 1. The number of phenols is 1. The van der Waals surface area contributed by atoms with Crippen LogP contribution in [0.15, 0.2) is 18.6 Å². The topological polar surface area (TPSA) is 48.9 Å². The lowest BCUT2D eigenvalue weighted by Gasteiger charge is -2.24. The van der Waals surface area contributed by atoms with E-state index >= 15 is 0 Å². The van der Waals surface area contributed by atoms with E-state index in [1.807, 2.05) is 18.1 Å². The molecule has 2 rings (SSSR count). The third kappa shape index (κ3) is 4.22. The fourth-order valence-electron chi connectivity index (χ4n) is 2.43. The van der Waals surface area contributed by atoms with E-state index in [1.54, 1.807) is 6.33 Å². The molecule has 1 aromatic carbocycles. The van der Waals surface area contributed by atoms with Crippen molar-refractivity contribution >= 4 is 22.6 Å². The second-order valence-corrected chi connectivity index (χ2v) is 6.20. The molecule has 0 saturated carbocycles. The fraction of sp³-hybridized carbons (Fsp3) is 0.471. The van der Waals surface area contributed by atoms with E-state index in [0.29, 0.717) is 5.75 Å². The van der Waals surface area contributed by atoms with E-state index in [9.17, 15) is 5.11 Å². The van der Waals surface area contributed by atoms with Gasteiger partial charge < -0.3 is 10.1 Å². The van der Waals surface area contributed by atoms with Gasteiger partial charge in [0.25, 0.3) is 0 Å². The number of hydrogen-bond donors (Lipinski definition) is 2. The highest BCUT2D eigenvalue weighted by atomic mass is 127. The number of hydrogen-bond acceptors (Lipinski definition) is 2. The van der Waals surface area contributed by atoms with Gasteiger partial charge in [-0.25, -0.2) is 4.98 Å². The van der Waals surface area contributed by atoms with Crippen molar-refractivity contribution in [3.63, 3.8) is 0 Å². The SMILES string of the molecule is CI.Cc1cc(C(C)(C)C)c(O)c(C)c1Cc1cnc[nH]1. The molecule has 0 atom stereocenters. The first-order valence-electron chi connectivity index (χ1n) is 6.98. The second-order valence-electron chi connectivity index (χ2n) is 6.20. The van der Waals surface area contributed by atoms with Gasteiger partial charge in [-0.3, -0.25) is 0 Å². The quantitative estimate of drug-likeness (QED) is 0.569. The zero-order chi connectivity index (χ0) is 16.2. The van der Waals surface area contributed by atoms with Gasteiger partial charge in [-0.15, -0.1) is 0 Å². The van der Waals surface area contributed by atoms with Gasteiger partial charge in [-0.2, -0.15) is 0 Å². The van der Waals surface area contributed by atoms with Crippen molar-refractivity contribution in [2.24, 2.45) is 0 Å². The summed E-state index contributed by atoms with van der Waals surface area (Å²) in [5.74, 6) is 0.424. The summed E-state index contributed by atoms with van der Waals surface area (Å²) in [5.41, 5.74) is 5.39. The molecule has 0 aliphatic rings. The Kier molecular flexibility index (Phi) is 6.25. The van der Waals surface area contributed by atoms with Crippen LogP contribution in [-0.4, -0.2) is 20.0 Å². The van der Waals surface area contributed by atoms with Gasteiger partial charge in [0.15, 0.2) is 0 Å². The Balaban J connectivity index is 0.00000106. The summed E-state index contributed by atoms with van der Waals surface area (Å²) >= 11 is 2.15. The Morgan fingerprint density at radius 2 is 1.86 bits per heavy atom. The largest absolute Gasteiger partial charge is 0.507 e. The number of aromatic hydroxyl groups is 1. The predicted octanol–water partition coefficient (Wildman–Crippen LogP) is 4.67. The minimum atomic E-state index is -0.0495. The van der Waals surface area contributed by atoms with Crippen LogP contribution in [0.5, 0.6) is 5.75 Å². The number of nitrogens with zero attached hydrogens (tertiary/aromatic N) is 1. The van der Waals surface area contributed by atoms with Crippen LogP contribution in [0.3, 0.4) is 0 Å². The zero-order valence-electron chi connectivity index (χ0n) is 13.7. The lowest BCUT2D eigenvalue weighted by molar-refractivity contribution is 0.441. The monoisotopic (exact) mass is 400 g/mol. The molecular formula is C17H25IN2O. The van der Waals surface area contributed by atoms with E-state index in [2.05, 4.69) is 66.3 Å². The first-order chi connectivity index (χ1) is 9.80. The Bertz CT molecular complexity index is 584. The molecule has 4 heteroatoms. The average Bonchev–Trinajstić information content (AvgIpc) is 2.93. The number of rotatable bonds is 2. The van der Waals surface area contributed by atoms with E-state index in [1.165, 1.54) is 11.1 Å². The molecule has 0 radical (unpaired) electrons. The number of aryl methyl sites for hydroxylation is 1. The summed E-state index contributed by atoms with van der Waals surface area (Å²) < 4.78 is 0. The Morgan fingerprint density at radius 3 is 2.33 bits per heavy atom. The highest BCUT2D eigenvalue weighted by Gasteiger charge is 2.22. The number of aromatic amines is 1. The van der Waals surface area contributed by atoms with Crippen molar-refractivity contribution in [3.8, 4) is 5.75 Å². The summed E-state index contributed by atoms with van der Waals surface area (Å²) in [5, 5.41) is 10.4. The first-order valence-corrected chi connectivity index (χ1v) is 9.14. The number of nitrogens with one attached hydrogen (secondary N) is 1. The number of alkyl halides is 1. The predicted molar refractivity (Wildman–Crippen MR) is 97.6 cm³/mol. The van der Waals surface area contributed by atoms with Crippen LogP contribution in [0, 0.1) is 13.8 Å². The Morgan fingerprint density at radius 1 is 1.24 bits per heavy atom. The summed E-state index contributed by atoms with van der Waals surface area (Å²) in [6, 6.07) is 2.11. The number of H-pyrrole nitrogens is 1. The van der Waals surface area contributed by atoms with Gasteiger partial charge in [0.1, 0.15) is 5.75 Å². The van der Waals surface area contributed by atoms with Crippen LogP contribution in [0.2, 0.25) is 0 Å². The van der Waals surface area contributed by atoms with Crippen molar-refractivity contribution in [3.05, 3.63) is 46.5 Å². The van der Waals surface area contributed by atoms with Gasteiger partial charge in [0.2, 0.25) is 0 Å². The third-order valence-electron chi connectivity index (χ3n) is 3.63. The maximum Gasteiger partial charge on any atom is 0.122 e. The molecule has 2 N–H and O–H groups in total. The number of aromatic nitrogens is 2. The molecular weight excluding hydrogens is 375 g/mol. The molecule has 0 aliphatic carbocycles.